The molecule has 1 N–H and O–H groups in total. The first-order valence-corrected chi connectivity index (χ1v) is 6.54. The normalized spacial score (nSPS) is 10.3. The summed E-state index contributed by atoms with van der Waals surface area (Å²) in [5.41, 5.74) is 0. The van der Waals surface area contributed by atoms with Gasteiger partial charge in [0.15, 0.2) is 0 Å². The Morgan fingerprint density at radius 2 is 1.94 bits per heavy atom. The Bertz CT molecular complexity index is 532. The molecule has 0 amide bonds. The van der Waals surface area contributed by atoms with Crippen molar-refractivity contribution in [3.05, 3.63) is 46.4 Å². The van der Waals surface area contributed by atoms with Crippen molar-refractivity contribution in [1.82, 2.24) is 4.98 Å². The Labute approximate surface area is 114 Å². The van der Waals surface area contributed by atoms with Crippen LogP contribution in [0.1, 0.15) is 0 Å². The molecule has 2 aromatic rings. The largest absolute Gasteiger partial charge is 0.373 e. The number of hydrogen-bond donors (Lipinski definition) is 1. The molecule has 88 valence electrons. The van der Waals surface area contributed by atoms with E-state index in [1.54, 1.807) is 17.8 Å². The Hall–Kier alpha value is -0.900. The number of pyridine rings is 1. The van der Waals surface area contributed by atoms with Crippen LogP contribution < -0.4 is 5.32 Å². The Morgan fingerprint density at radius 3 is 2.65 bits per heavy atom. The zero-order chi connectivity index (χ0) is 12.3. The number of benzene rings is 1. The topological polar surface area (TPSA) is 24.9 Å². The van der Waals surface area contributed by atoms with Crippen molar-refractivity contribution in [2.24, 2.45) is 0 Å². The van der Waals surface area contributed by atoms with Crippen molar-refractivity contribution >= 4 is 40.8 Å². The molecule has 0 aliphatic rings. The number of halogens is 2. The maximum Gasteiger partial charge on any atom is 0.127 e. The predicted octanol–water partition coefficient (Wildman–Crippen LogP) is 4.58. The second kappa shape index (κ2) is 5.63. The highest BCUT2D eigenvalue weighted by atomic mass is 35.5. The molecule has 0 atom stereocenters. The van der Waals surface area contributed by atoms with E-state index < -0.39 is 0 Å². The van der Waals surface area contributed by atoms with Gasteiger partial charge in [-0.2, -0.15) is 0 Å². The SMILES string of the molecule is CNc1cccc(Sc2ccc(Cl)c(Cl)c2)n1. The highest BCUT2D eigenvalue weighted by Gasteiger charge is 2.03. The van der Waals surface area contributed by atoms with Crippen LogP contribution in [-0.2, 0) is 0 Å². The first-order chi connectivity index (χ1) is 8.19. The molecule has 1 aromatic heterocycles. The molecule has 0 saturated carbocycles. The third kappa shape index (κ3) is 3.28. The number of anilines is 1. The highest BCUT2D eigenvalue weighted by molar-refractivity contribution is 7.99. The van der Waals surface area contributed by atoms with Crippen molar-refractivity contribution in [1.29, 1.82) is 0 Å². The van der Waals surface area contributed by atoms with E-state index in [0.29, 0.717) is 10.0 Å². The van der Waals surface area contributed by atoms with Gasteiger partial charge in [-0.3, -0.25) is 0 Å². The minimum absolute atomic E-state index is 0.557. The van der Waals surface area contributed by atoms with Gasteiger partial charge in [0.25, 0.3) is 0 Å². The Morgan fingerprint density at radius 1 is 1.12 bits per heavy atom. The monoisotopic (exact) mass is 284 g/mol. The van der Waals surface area contributed by atoms with Crippen molar-refractivity contribution in [3.63, 3.8) is 0 Å². The molecule has 0 aliphatic heterocycles. The lowest BCUT2D eigenvalue weighted by atomic mass is 10.4. The summed E-state index contributed by atoms with van der Waals surface area (Å²) in [6.07, 6.45) is 0. The number of nitrogens with zero attached hydrogens (tertiary/aromatic N) is 1. The Balaban J connectivity index is 2.22. The zero-order valence-corrected chi connectivity index (χ0v) is 11.4. The molecular formula is C12H10Cl2N2S. The van der Waals surface area contributed by atoms with Gasteiger partial charge >= 0.3 is 0 Å². The summed E-state index contributed by atoms with van der Waals surface area (Å²) in [4.78, 5) is 5.43. The first kappa shape index (κ1) is 12.6. The van der Waals surface area contributed by atoms with Crippen LogP contribution in [0.4, 0.5) is 5.82 Å². The van der Waals surface area contributed by atoms with Crippen molar-refractivity contribution in [3.8, 4) is 0 Å². The van der Waals surface area contributed by atoms with Gasteiger partial charge in [0.2, 0.25) is 0 Å². The standard InChI is InChI=1S/C12H10Cl2N2S/c1-15-11-3-2-4-12(16-11)17-8-5-6-9(13)10(14)7-8/h2-7H,1H3,(H,15,16). The maximum absolute atomic E-state index is 5.96. The van der Waals surface area contributed by atoms with Gasteiger partial charge in [-0.15, -0.1) is 0 Å². The lowest BCUT2D eigenvalue weighted by Crippen LogP contribution is -1.91. The average Bonchev–Trinajstić information content (AvgIpc) is 2.34. The van der Waals surface area contributed by atoms with Crippen LogP contribution in [0.2, 0.25) is 10.0 Å². The fraction of sp³-hybridized carbons (Fsp3) is 0.0833. The Kier molecular flexibility index (Phi) is 4.15. The number of nitrogens with one attached hydrogen (secondary N) is 1. The van der Waals surface area contributed by atoms with Gasteiger partial charge in [-0.05, 0) is 30.3 Å². The summed E-state index contributed by atoms with van der Waals surface area (Å²) in [5, 5.41) is 5.03. The highest BCUT2D eigenvalue weighted by Crippen LogP contribution is 2.31. The van der Waals surface area contributed by atoms with E-state index in [4.69, 9.17) is 23.2 Å². The minimum atomic E-state index is 0.557. The minimum Gasteiger partial charge on any atom is -0.373 e. The van der Waals surface area contributed by atoms with Gasteiger partial charge in [0, 0.05) is 11.9 Å². The van der Waals surface area contributed by atoms with Gasteiger partial charge in [-0.1, -0.05) is 41.0 Å². The van der Waals surface area contributed by atoms with Gasteiger partial charge in [-0.25, -0.2) is 4.98 Å². The van der Waals surface area contributed by atoms with Crippen LogP contribution in [0.3, 0.4) is 0 Å². The van der Waals surface area contributed by atoms with E-state index >= 15 is 0 Å². The van der Waals surface area contributed by atoms with Gasteiger partial charge < -0.3 is 5.32 Å². The van der Waals surface area contributed by atoms with E-state index in [0.717, 1.165) is 15.7 Å². The van der Waals surface area contributed by atoms with Crippen LogP contribution in [0.25, 0.3) is 0 Å². The molecule has 17 heavy (non-hydrogen) atoms. The van der Waals surface area contributed by atoms with Gasteiger partial charge in [0.05, 0.1) is 10.0 Å². The van der Waals surface area contributed by atoms with Crippen LogP contribution in [-0.4, -0.2) is 12.0 Å². The summed E-state index contributed by atoms with van der Waals surface area (Å²) in [6, 6.07) is 11.4. The molecule has 0 radical (unpaired) electrons. The lowest BCUT2D eigenvalue weighted by Gasteiger charge is -2.04. The maximum atomic E-state index is 5.96. The molecule has 0 fully saturated rings. The van der Waals surface area contributed by atoms with Crippen LogP contribution >= 0.6 is 35.0 Å². The van der Waals surface area contributed by atoms with Crippen molar-refractivity contribution in [2.75, 3.05) is 12.4 Å². The summed E-state index contributed by atoms with van der Waals surface area (Å²) in [7, 11) is 1.84. The van der Waals surface area contributed by atoms with E-state index in [-0.39, 0.29) is 0 Å². The summed E-state index contributed by atoms with van der Waals surface area (Å²) in [6.45, 7) is 0. The van der Waals surface area contributed by atoms with Crippen LogP contribution in [0.15, 0.2) is 46.3 Å². The van der Waals surface area contributed by atoms with Crippen LogP contribution in [0.5, 0.6) is 0 Å². The second-order valence-electron chi connectivity index (χ2n) is 3.29. The molecule has 0 unspecified atom stereocenters. The second-order valence-corrected chi connectivity index (χ2v) is 5.20. The van der Waals surface area contributed by atoms with Gasteiger partial charge in [0.1, 0.15) is 10.8 Å². The van der Waals surface area contributed by atoms with E-state index in [1.165, 1.54) is 0 Å². The lowest BCUT2D eigenvalue weighted by molar-refractivity contribution is 1.12. The summed E-state index contributed by atoms with van der Waals surface area (Å²) in [5.74, 6) is 0.843. The fourth-order valence-electron chi connectivity index (χ4n) is 1.27. The molecule has 2 rings (SSSR count). The predicted molar refractivity (Wildman–Crippen MR) is 74.4 cm³/mol. The quantitative estimate of drug-likeness (QED) is 0.893. The molecule has 0 aliphatic carbocycles. The molecule has 1 heterocycles. The fourth-order valence-corrected chi connectivity index (χ4v) is 2.48. The molecule has 5 heteroatoms. The van der Waals surface area contributed by atoms with E-state index in [2.05, 4.69) is 10.3 Å². The van der Waals surface area contributed by atoms with Crippen molar-refractivity contribution < 1.29 is 0 Å². The number of rotatable bonds is 3. The molecular weight excluding hydrogens is 275 g/mol. The third-order valence-corrected chi connectivity index (χ3v) is 3.76. The van der Waals surface area contributed by atoms with E-state index in [9.17, 15) is 0 Å². The number of aromatic nitrogens is 1. The smallest absolute Gasteiger partial charge is 0.127 e. The van der Waals surface area contributed by atoms with E-state index in [1.807, 2.05) is 37.4 Å². The molecule has 0 bridgehead atoms. The third-order valence-electron chi connectivity index (χ3n) is 2.09. The molecule has 2 nitrogen and oxygen atoms in total. The van der Waals surface area contributed by atoms with Crippen molar-refractivity contribution in [2.45, 2.75) is 9.92 Å². The summed E-state index contributed by atoms with van der Waals surface area (Å²) >= 11 is 13.4. The molecule has 0 spiro atoms. The van der Waals surface area contributed by atoms with Crippen LogP contribution in [0, 0.1) is 0 Å². The molecule has 0 saturated heterocycles. The zero-order valence-electron chi connectivity index (χ0n) is 9.08. The summed E-state index contributed by atoms with van der Waals surface area (Å²) < 4.78 is 0. The molecule has 1 aromatic carbocycles. The average molecular weight is 285 g/mol. The number of hydrogen-bond acceptors (Lipinski definition) is 3. The first-order valence-electron chi connectivity index (χ1n) is 4.97.